The molecule has 0 saturated carbocycles. The third kappa shape index (κ3) is 5.01. The van der Waals surface area contributed by atoms with E-state index in [0.717, 1.165) is 11.3 Å². The van der Waals surface area contributed by atoms with E-state index >= 15 is 0 Å². The standard InChI is InChI=1S/C22H16N6O4S3/c1-32-12-8-6-11(7-9-12)23-15(29)10-33-22-28-27-21(35-22)26-20-25-19(31)17(34-20)16-13-4-2-3-5-14(13)24-18(16)30/h2-9,31H,10H2,1H3,(H,23,29)(H,25,26,27). The van der Waals surface area contributed by atoms with Gasteiger partial charge < -0.3 is 20.5 Å². The van der Waals surface area contributed by atoms with E-state index in [1.807, 2.05) is 6.07 Å². The van der Waals surface area contributed by atoms with E-state index in [9.17, 15) is 14.7 Å². The average molecular weight is 525 g/mol. The largest absolute Gasteiger partial charge is 0.497 e. The molecule has 4 aromatic rings. The van der Waals surface area contributed by atoms with Crippen LogP contribution >= 0.6 is 34.4 Å². The van der Waals surface area contributed by atoms with Crippen molar-refractivity contribution in [2.45, 2.75) is 4.34 Å². The maximum absolute atomic E-state index is 12.4. The summed E-state index contributed by atoms with van der Waals surface area (Å²) in [6.45, 7) is 0. The maximum atomic E-state index is 12.4. The van der Waals surface area contributed by atoms with Crippen LogP contribution in [-0.4, -0.2) is 45.0 Å². The van der Waals surface area contributed by atoms with Gasteiger partial charge in [0.15, 0.2) is 9.47 Å². The number of para-hydroxylation sites is 1. The second kappa shape index (κ2) is 9.82. The fourth-order valence-corrected chi connectivity index (χ4v) is 5.74. The Morgan fingerprint density at radius 1 is 1.09 bits per heavy atom. The summed E-state index contributed by atoms with van der Waals surface area (Å²) >= 11 is 3.61. The van der Waals surface area contributed by atoms with Crippen molar-refractivity contribution in [3.63, 3.8) is 0 Å². The first-order valence-electron chi connectivity index (χ1n) is 10.1. The molecule has 13 heteroatoms. The second-order valence-corrected chi connectivity index (χ2v) is 10.2. The Labute approximate surface area is 210 Å². The minimum atomic E-state index is -0.417. The van der Waals surface area contributed by atoms with Crippen molar-refractivity contribution in [1.82, 2.24) is 15.2 Å². The molecule has 0 unspecified atom stereocenters. The lowest BCUT2D eigenvalue weighted by Gasteiger charge is -2.05. The van der Waals surface area contributed by atoms with Crippen molar-refractivity contribution < 1.29 is 19.4 Å². The number of thioether (sulfide) groups is 1. The van der Waals surface area contributed by atoms with Crippen molar-refractivity contribution in [2.24, 2.45) is 4.99 Å². The number of hydrogen-bond acceptors (Lipinski definition) is 11. The average Bonchev–Trinajstić information content (AvgIpc) is 3.54. The lowest BCUT2D eigenvalue weighted by molar-refractivity contribution is -0.114. The number of ether oxygens (including phenoxy) is 1. The molecule has 0 spiro atoms. The van der Waals surface area contributed by atoms with Gasteiger partial charge in [0.25, 0.3) is 5.91 Å². The highest BCUT2D eigenvalue weighted by Crippen LogP contribution is 2.36. The summed E-state index contributed by atoms with van der Waals surface area (Å²) in [6, 6.07) is 14.2. The van der Waals surface area contributed by atoms with Crippen LogP contribution in [0.1, 0.15) is 4.88 Å². The molecule has 0 saturated heterocycles. The molecule has 2 aromatic heterocycles. The number of anilines is 3. The van der Waals surface area contributed by atoms with Gasteiger partial charge in [0.1, 0.15) is 10.6 Å². The van der Waals surface area contributed by atoms with Crippen molar-refractivity contribution in [3.8, 4) is 11.6 Å². The number of aromatic hydroxyl groups is 1. The molecule has 1 aliphatic heterocycles. The lowest BCUT2D eigenvalue weighted by Crippen LogP contribution is -2.22. The van der Waals surface area contributed by atoms with Crippen molar-refractivity contribution in [3.05, 3.63) is 64.0 Å². The van der Waals surface area contributed by atoms with Crippen LogP contribution in [0.15, 0.2) is 57.9 Å². The molecule has 176 valence electrons. The molecule has 0 radical (unpaired) electrons. The van der Waals surface area contributed by atoms with Crippen LogP contribution in [0.25, 0.3) is 5.57 Å². The van der Waals surface area contributed by atoms with E-state index < -0.39 is 5.91 Å². The van der Waals surface area contributed by atoms with Crippen LogP contribution in [0.4, 0.5) is 16.0 Å². The van der Waals surface area contributed by atoms with E-state index in [0.29, 0.717) is 47.1 Å². The first kappa shape index (κ1) is 23.0. The van der Waals surface area contributed by atoms with E-state index in [1.165, 1.54) is 23.1 Å². The van der Waals surface area contributed by atoms with Gasteiger partial charge in [-0.25, -0.2) is 4.99 Å². The summed E-state index contributed by atoms with van der Waals surface area (Å²) in [7, 11) is 1.58. The SMILES string of the molecule is COc1ccc(NC(=O)CSc2nnc(Nc3nc(O)c(C4=c5ccccc5=NC4=O)s3)s2)cc1. The fourth-order valence-electron chi connectivity index (χ4n) is 3.22. The lowest BCUT2D eigenvalue weighted by atomic mass is 10.1. The fraction of sp³-hybridized carbons (Fsp3) is 0.0909. The van der Waals surface area contributed by atoms with Gasteiger partial charge in [-0.15, -0.1) is 10.2 Å². The third-order valence-corrected chi connectivity index (χ3v) is 7.72. The van der Waals surface area contributed by atoms with Gasteiger partial charge in [-0.2, -0.15) is 4.98 Å². The van der Waals surface area contributed by atoms with Crippen LogP contribution in [0.2, 0.25) is 0 Å². The zero-order valence-electron chi connectivity index (χ0n) is 18.0. The Hall–Kier alpha value is -3.81. The molecule has 0 fully saturated rings. The number of carbonyl (C=O) groups excluding carboxylic acids is 2. The monoisotopic (exact) mass is 524 g/mol. The summed E-state index contributed by atoms with van der Waals surface area (Å²) in [4.78, 5) is 33.1. The number of benzene rings is 2. The topological polar surface area (TPSA) is 139 Å². The molecule has 3 heterocycles. The first-order valence-corrected chi connectivity index (χ1v) is 12.7. The number of amides is 2. The first-order chi connectivity index (χ1) is 17.0. The van der Waals surface area contributed by atoms with Gasteiger partial charge >= 0.3 is 0 Å². The number of carbonyl (C=O) groups is 2. The normalized spacial score (nSPS) is 12.3. The molecule has 10 nitrogen and oxygen atoms in total. The molecule has 2 aromatic carbocycles. The Bertz CT molecular complexity index is 1550. The number of methoxy groups -OCH3 is 1. The van der Waals surface area contributed by atoms with Gasteiger partial charge in [-0.05, 0) is 30.3 Å². The molecule has 5 rings (SSSR count). The van der Waals surface area contributed by atoms with Gasteiger partial charge in [-0.1, -0.05) is 52.6 Å². The highest BCUT2D eigenvalue weighted by molar-refractivity contribution is 8.01. The molecule has 2 amide bonds. The van der Waals surface area contributed by atoms with Crippen molar-refractivity contribution >= 4 is 67.8 Å². The Morgan fingerprint density at radius 2 is 1.89 bits per heavy atom. The molecule has 35 heavy (non-hydrogen) atoms. The zero-order chi connectivity index (χ0) is 24.4. The molecular formula is C22H16N6O4S3. The zero-order valence-corrected chi connectivity index (χ0v) is 20.5. The minimum Gasteiger partial charge on any atom is -0.497 e. The maximum Gasteiger partial charge on any atom is 0.279 e. The van der Waals surface area contributed by atoms with Gasteiger partial charge in [0.2, 0.25) is 16.9 Å². The van der Waals surface area contributed by atoms with Gasteiger partial charge in [0.05, 0.1) is 23.8 Å². The smallest absolute Gasteiger partial charge is 0.279 e. The Morgan fingerprint density at radius 3 is 2.69 bits per heavy atom. The van der Waals surface area contributed by atoms with Crippen LogP contribution in [0.5, 0.6) is 11.6 Å². The van der Waals surface area contributed by atoms with Crippen LogP contribution in [-0.2, 0) is 9.59 Å². The molecule has 1 aliphatic rings. The number of hydrogen-bond donors (Lipinski definition) is 3. The van der Waals surface area contributed by atoms with Crippen LogP contribution in [0, 0.1) is 0 Å². The molecule has 0 atom stereocenters. The van der Waals surface area contributed by atoms with E-state index in [2.05, 4.69) is 30.8 Å². The molecule has 3 N–H and O–H groups in total. The number of fused-ring (bicyclic) bond motifs is 1. The highest BCUT2D eigenvalue weighted by Gasteiger charge is 2.25. The van der Waals surface area contributed by atoms with Gasteiger partial charge in [-0.3, -0.25) is 9.59 Å². The van der Waals surface area contributed by atoms with E-state index in [1.54, 1.807) is 49.6 Å². The Balaban J connectivity index is 1.22. The Kier molecular flexibility index (Phi) is 6.44. The van der Waals surface area contributed by atoms with Crippen molar-refractivity contribution in [2.75, 3.05) is 23.5 Å². The number of nitrogens with one attached hydrogen (secondary N) is 2. The highest BCUT2D eigenvalue weighted by atomic mass is 32.2. The van der Waals surface area contributed by atoms with Crippen molar-refractivity contribution in [1.29, 1.82) is 0 Å². The summed E-state index contributed by atoms with van der Waals surface area (Å²) in [5.41, 5.74) is 0.990. The number of thiazole rings is 1. The van der Waals surface area contributed by atoms with Crippen LogP contribution in [0.3, 0.4) is 0 Å². The number of rotatable bonds is 8. The van der Waals surface area contributed by atoms with E-state index in [4.69, 9.17) is 4.74 Å². The van der Waals surface area contributed by atoms with E-state index in [-0.39, 0.29) is 17.5 Å². The van der Waals surface area contributed by atoms with Gasteiger partial charge in [0, 0.05) is 10.9 Å². The predicted octanol–water partition coefficient (Wildman–Crippen LogP) is 2.54. The summed E-state index contributed by atoms with van der Waals surface area (Å²) in [6.07, 6.45) is 0. The van der Waals surface area contributed by atoms with Crippen LogP contribution < -0.4 is 25.9 Å². The minimum absolute atomic E-state index is 0.159. The quantitative estimate of drug-likeness (QED) is 0.297. The third-order valence-electron chi connectivity index (χ3n) is 4.77. The number of aromatic nitrogens is 3. The predicted molar refractivity (Wildman–Crippen MR) is 134 cm³/mol. The molecular weight excluding hydrogens is 508 g/mol. The molecule has 0 aliphatic carbocycles. The molecule has 0 bridgehead atoms. The summed E-state index contributed by atoms with van der Waals surface area (Å²) in [5.74, 6) is 0.0106. The number of nitrogens with zero attached hydrogens (tertiary/aromatic N) is 4. The summed E-state index contributed by atoms with van der Waals surface area (Å²) in [5, 5.41) is 26.3. The second-order valence-electron chi connectivity index (χ2n) is 7.04. The summed E-state index contributed by atoms with van der Waals surface area (Å²) < 4.78 is 5.69.